The van der Waals surface area contributed by atoms with Crippen molar-refractivity contribution in [2.24, 2.45) is 0 Å². The number of Topliss-reactive ketones (excluding diaryl/α,β-unsaturated/α-hetero) is 1. The predicted octanol–water partition coefficient (Wildman–Crippen LogP) is 3.83. The molecule has 1 aromatic carbocycles. The number of aromatic nitrogens is 1. The molecule has 1 unspecified atom stereocenters. The van der Waals surface area contributed by atoms with Crippen LogP contribution in [0.5, 0.6) is 0 Å². The molecule has 2 aromatic rings. The maximum Gasteiger partial charge on any atom is 0.171 e. The molecule has 2 rings (SSSR count). The van der Waals surface area contributed by atoms with Gasteiger partial charge in [0.15, 0.2) is 5.78 Å². The molecule has 1 aromatic heterocycles. The van der Waals surface area contributed by atoms with Crippen molar-refractivity contribution in [2.45, 2.75) is 12.8 Å². The van der Waals surface area contributed by atoms with E-state index in [2.05, 4.69) is 20.9 Å². The van der Waals surface area contributed by atoms with Crippen LogP contribution in [0, 0.1) is 0 Å². The van der Waals surface area contributed by atoms with Crippen molar-refractivity contribution in [2.75, 3.05) is 0 Å². The third-order valence-corrected chi connectivity index (χ3v) is 3.43. The van der Waals surface area contributed by atoms with Crippen LogP contribution in [0.1, 0.15) is 28.8 Å². The minimum absolute atomic E-state index is 0.115. The minimum Gasteiger partial charge on any atom is -0.293 e. The average Bonchev–Trinajstić information content (AvgIpc) is 2.39. The van der Waals surface area contributed by atoms with E-state index in [0.717, 1.165) is 15.6 Å². The molecule has 0 spiro atoms. The van der Waals surface area contributed by atoms with Gasteiger partial charge in [-0.25, -0.2) is 0 Å². The lowest BCUT2D eigenvalue weighted by Gasteiger charge is -2.11. The first-order chi connectivity index (χ1) is 8.20. The SMILES string of the molecule is CC(C(=O)c1ccccc1Br)c1ccncc1. The van der Waals surface area contributed by atoms with E-state index in [1.54, 1.807) is 12.4 Å². The number of rotatable bonds is 3. The largest absolute Gasteiger partial charge is 0.293 e. The van der Waals surface area contributed by atoms with Gasteiger partial charge in [-0.1, -0.05) is 41.1 Å². The maximum atomic E-state index is 12.3. The van der Waals surface area contributed by atoms with Crippen molar-refractivity contribution < 1.29 is 4.79 Å². The van der Waals surface area contributed by atoms with Gasteiger partial charge in [-0.2, -0.15) is 0 Å². The Morgan fingerprint density at radius 3 is 2.47 bits per heavy atom. The van der Waals surface area contributed by atoms with E-state index in [9.17, 15) is 4.79 Å². The highest BCUT2D eigenvalue weighted by Crippen LogP contribution is 2.24. The zero-order valence-electron chi connectivity index (χ0n) is 9.43. The van der Waals surface area contributed by atoms with E-state index in [-0.39, 0.29) is 11.7 Å². The molecule has 0 aliphatic carbocycles. The second kappa shape index (κ2) is 5.23. The molecule has 0 fully saturated rings. The normalized spacial score (nSPS) is 12.1. The van der Waals surface area contributed by atoms with Crippen molar-refractivity contribution in [1.82, 2.24) is 4.98 Å². The zero-order valence-corrected chi connectivity index (χ0v) is 11.0. The van der Waals surface area contributed by atoms with Gasteiger partial charge in [0, 0.05) is 28.3 Å². The minimum atomic E-state index is -0.156. The summed E-state index contributed by atoms with van der Waals surface area (Å²) in [5, 5.41) is 0. The first-order valence-electron chi connectivity index (χ1n) is 5.39. The van der Waals surface area contributed by atoms with E-state index in [0.29, 0.717) is 0 Å². The van der Waals surface area contributed by atoms with Crippen LogP contribution in [0.3, 0.4) is 0 Å². The van der Waals surface area contributed by atoms with E-state index >= 15 is 0 Å². The molecule has 1 atom stereocenters. The van der Waals surface area contributed by atoms with Crippen LogP contribution in [0.25, 0.3) is 0 Å². The molecule has 3 heteroatoms. The Balaban J connectivity index is 2.30. The average molecular weight is 290 g/mol. The summed E-state index contributed by atoms with van der Waals surface area (Å²) in [5.41, 5.74) is 1.71. The van der Waals surface area contributed by atoms with Gasteiger partial charge < -0.3 is 0 Å². The Labute approximate surface area is 109 Å². The number of nitrogens with zero attached hydrogens (tertiary/aromatic N) is 1. The molecule has 0 aliphatic rings. The summed E-state index contributed by atoms with van der Waals surface area (Å²) < 4.78 is 0.839. The lowest BCUT2D eigenvalue weighted by Crippen LogP contribution is -2.10. The van der Waals surface area contributed by atoms with Crippen LogP contribution in [0.2, 0.25) is 0 Å². The van der Waals surface area contributed by atoms with E-state index in [1.807, 2.05) is 43.3 Å². The molecule has 0 saturated carbocycles. The number of benzene rings is 1. The third-order valence-electron chi connectivity index (χ3n) is 2.74. The molecular weight excluding hydrogens is 278 g/mol. The number of carbonyl (C=O) groups excluding carboxylic acids is 1. The number of ketones is 1. The van der Waals surface area contributed by atoms with Crippen LogP contribution in [-0.2, 0) is 0 Å². The van der Waals surface area contributed by atoms with Crippen LogP contribution >= 0.6 is 15.9 Å². The summed E-state index contributed by atoms with van der Waals surface area (Å²) in [6.45, 7) is 1.91. The molecule has 0 aliphatic heterocycles. The Hall–Kier alpha value is -1.48. The number of pyridine rings is 1. The Bertz CT molecular complexity index is 525. The first kappa shape index (κ1) is 12.0. The third kappa shape index (κ3) is 2.61. The summed E-state index contributed by atoms with van der Waals surface area (Å²) in [6.07, 6.45) is 3.41. The molecule has 0 amide bonds. The van der Waals surface area contributed by atoms with E-state index in [4.69, 9.17) is 0 Å². The van der Waals surface area contributed by atoms with E-state index < -0.39 is 0 Å². The summed E-state index contributed by atoms with van der Waals surface area (Å²) in [6, 6.07) is 11.2. The van der Waals surface area contributed by atoms with Crippen molar-refractivity contribution in [3.8, 4) is 0 Å². The molecule has 0 saturated heterocycles. The topological polar surface area (TPSA) is 30.0 Å². The molecule has 0 N–H and O–H groups in total. The van der Waals surface area contributed by atoms with Crippen LogP contribution < -0.4 is 0 Å². The molecule has 0 radical (unpaired) electrons. The zero-order chi connectivity index (χ0) is 12.3. The second-order valence-electron chi connectivity index (χ2n) is 3.85. The number of halogens is 1. The quantitative estimate of drug-likeness (QED) is 0.804. The van der Waals surface area contributed by atoms with Crippen LogP contribution in [0.4, 0.5) is 0 Å². The Morgan fingerprint density at radius 1 is 1.18 bits per heavy atom. The lowest BCUT2D eigenvalue weighted by molar-refractivity contribution is 0.0965. The first-order valence-corrected chi connectivity index (χ1v) is 6.18. The maximum absolute atomic E-state index is 12.3. The highest BCUT2D eigenvalue weighted by atomic mass is 79.9. The molecule has 17 heavy (non-hydrogen) atoms. The molecular formula is C14H12BrNO. The number of hydrogen-bond donors (Lipinski definition) is 0. The highest BCUT2D eigenvalue weighted by molar-refractivity contribution is 9.10. The summed E-state index contributed by atoms with van der Waals surface area (Å²) in [4.78, 5) is 16.3. The smallest absolute Gasteiger partial charge is 0.171 e. The second-order valence-corrected chi connectivity index (χ2v) is 4.70. The van der Waals surface area contributed by atoms with Crippen molar-refractivity contribution in [3.63, 3.8) is 0 Å². The fourth-order valence-corrected chi connectivity index (χ4v) is 2.18. The van der Waals surface area contributed by atoms with Crippen molar-refractivity contribution in [3.05, 3.63) is 64.4 Å². The van der Waals surface area contributed by atoms with Crippen molar-refractivity contribution in [1.29, 1.82) is 0 Å². The van der Waals surface area contributed by atoms with Gasteiger partial charge in [0.2, 0.25) is 0 Å². The monoisotopic (exact) mass is 289 g/mol. The van der Waals surface area contributed by atoms with Gasteiger partial charge in [0.25, 0.3) is 0 Å². The van der Waals surface area contributed by atoms with Crippen molar-refractivity contribution >= 4 is 21.7 Å². The summed E-state index contributed by atoms with van der Waals surface area (Å²) in [7, 11) is 0. The fourth-order valence-electron chi connectivity index (χ4n) is 1.70. The van der Waals surface area contributed by atoms with Gasteiger partial charge in [-0.3, -0.25) is 9.78 Å². The van der Waals surface area contributed by atoms with Crippen LogP contribution in [0.15, 0.2) is 53.3 Å². The Kier molecular flexibility index (Phi) is 3.69. The van der Waals surface area contributed by atoms with E-state index in [1.165, 1.54) is 0 Å². The van der Waals surface area contributed by atoms with Gasteiger partial charge in [-0.15, -0.1) is 0 Å². The predicted molar refractivity (Wildman–Crippen MR) is 71.1 cm³/mol. The highest BCUT2D eigenvalue weighted by Gasteiger charge is 2.18. The fraction of sp³-hybridized carbons (Fsp3) is 0.143. The molecule has 86 valence electrons. The lowest BCUT2D eigenvalue weighted by atomic mass is 9.93. The van der Waals surface area contributed by atoms with Gasteiger partial charge in [0.05, 0.1) is 0 Å². The van der Waals surface area contributed by atoms with Gasteiger partial charge in [-0.05, 0) is 23.8 Å². The molecule has 2 nitrogen and oxygen atoms in total. The Morgan fingerprint density at radius 2 is 1.82 bits per heavy atom. The number of carbonyl (C=O) groups is 1. The van der Waals surface area contributed by atoms with Gasteiger partial charge in [0.1, 0.15) is 0 Å². The van der Waals surface area contributed by atoms with Gasteiger partial charge >= 0.3 is 0 Å². The number of hydrogen-bond acceptors (Lipinski definition) is 2. The van der Waals surface area contributed by atoms with Crippen LogP contribution in [-0.4, -0.2) is 10.8 Å². The molecule has 0 bridgehead atoms. The summed E-state index contributed by atoms with van der Waals surface area (Å²) >= 11 is 3.40. The summed E-state index contributed by atoms with van der Waals surface area (Å²) in [5.74, 6) is -0.0413. The molecule has 1 heterocycles. The standard InChI is InChI=1S/C14H12BrNO/c1-10(11-6-8-16-9-7-11)14(17)12-4-2-3-5-13(12)15/h2-10H,1H3.